The summed E-state index contributed by atoms with van der Waals surface area (Å²) in [6.45, 7) is 2.59. The Kier molecular flexibility index (Phi) is 6.11. The first-order chi connectivity index (χ1) is 7.57. The third-order valence-electron chi connectivity index (χ3n) is 3.23. The number of aliphatic hydroxyl groups is 1. The molecule has 0 aliphatic heterocycles. The van der Waals surface area contributed by atoms with Gasteiger partial charge in [0.2, 0.25) is 0 Å². The van der Waals surface area contributed by atoms with Gasteiger partial charge in [0.05, 0.1) is 11.7 Å². The van der Waals surface area contributed by atoms with Crippen LogP contribution >= 0.6 is 11.8 Å². The van der Waals surface area contributed by atoms with Crippen molar-refractivity contribution in [2.75, 3.05) is 25.7 Å². The molecule has 96 valence electrons. The molecule has 0 aromatic heterocycles. The molecular formula is C12H25NO2S. The average molecular weight is 247 g/mol. The summed E-state index contributed by atoms with van der Waals surface area (Å²) in [6.07, 6.45) is 7.07. The Morgan fingerprint density at radius 3 is 2.50 bits per heavy atom. The summed E-state index contributed by atoms with van der Waals surface area (Å²) in [5.74, 6) is 0.785. The third-order valence-corrected chi connectivity index (χ3v) is 4.14. The van der Waals surface area contributed by atoms with Gasteiger partial charge in [-0.05, 0) is 38.9 Å². The predicted molar refractivity (Wildman–Crippen MR) is 70.1 cm³/mol. The second-order valence-electron chi connectivity index (χ2n) is 5.02. The molecule has 0 saturated heterocycles. The van der Waals surface area contributed by atoms with Crippen molar-refractivity contribution >= 4 is 11.8 Å². The Labute approximate surface area is 103 Å². The summed E-state index contributed by atoms with van der Waals surface area (Å²) >= 11 is 1.69. The van der Waals surface area contributed by atoms with E-state index in [9.17, 15) is 5.11 Å². The van der Waals surface area contributed by atoms with E-state index in [1.54, 1.807) is 18.9 Å². The molecule has 0 radical (unpaired) electrons. The fourth-order valence-corrected chi connectivity index (χ4v) is 2.95. The van der Waals surface area contributed by atoms with Crippen molar-refractivity contribution in [3.05, 3.63) is 0 Å². The molecule has 0 heterocycles. The summed E-state index contributed by atoms with van der Waals surface area (Å²) in [4.78, 5) is 0. The molecule has 1 rings (SSSR count). The van der Waals surface area contributed by atoms with Crippen molar-refractivity contribution < 1.29 is 9.84 Å². The fraction of sp³-hybridized carbons (Fsp3) is 1.00. The van der Waals surface area contributed by atoms with Crippen molar-refractivity contribution in [3.63, 3.8) is 0 Å². The maximum absolute atomic E-state index is 10.0. The zero-order valence-electron chi connectivity index (χ0n) is 10.7. The predicted octanol–water partition coefficient (Wildman–Crippen LogP) is 1.65. The number of ether oxygens (including phenoxy) is 1. The molecule has 0 aromatic carbocycles. The molecule has 0 amide bonds. The highest BCUT2D eigenvalue weighted by molar-refractivity contribution is 7.98. The summed E-state index contributed by atoms with van der Waals surface area (Å²) in [5.41, 5.74) is -0.586. The molecule has 4 heteroatoms. The molecule has 1 atom stereocenters. The monoisotopic (exact) mass is 247 g/mol. The maximum atomic E-state index is 10.0. The van der Waals surface area contributed by atoms with Crippen LogP contribution in [0.1, 0.15) is 32.6 Å². The van der Waals surface area contributed by atoms with Crippen LogP contribution in [0.25, 0.3) is 0 Å². The van der Waals surface area contributed by atoms with Gasteiger partial charge in [-0.2, -0.15) is 11.8 Å². The van der Waals surface area contributed by atoms with Crippen LogP contribution in [0.3, 0.4) is 0 Å². The van der Waals surface area contributed by atoms with Crippen LogP contribution in [0.5, 0.6) is 0 Å². The lowest BCUT2D eigenvalue weighted by Crippen LogP contribution is -2.45. The van der Waals surface area contributed by atoms with E-state index in [-0.39, 0.29) is 0 Å². The van der Waals surface area contributed by atoms with Gasteiger partial charge in [-0.25, -0.2) is 0 Å². The zero-order valence-corrected chi connectivity index (χ0v) is 11.5. The van der Waals surface area contributed by atoms with Gasteiger partial charge in [0.1, 0.15) is 0 Å². The van der Waals surface area contributed by atoms with Crippen LogP contribution in [0.15, 0.2) is 0 Å². The van der Waals surface area contributed by atoms with Crippen molar-refractivity contribution in [2.24, 2.45) is 0 Å². The standard InChI is InChI=1S/C12H25NO2S/c1-12(14,9-16-3)8-13-10-4-6-11(15-2)7-5-10/h10-11,13-14H,4-9H2,1-3H3. The van der Waals surface area contributed by atoms with Crippen molar-refractivity contribution in [3.8, 4) is 0 Å². The van der Waals surface area contributed by atoms with Crippen LogP contribution in [0.2, 0.25) is 0 Å². The highest BCUT2D eigenvalue weighted by Gasteiger charge is 2.24. The van der Waals surface area contributed by atoms with Gasteiger partial charge < -0.3 is 15.2 Å². The number of hydrogen-bond acceptors (Lipinski definition) is 4. The summed E-state index contributed by atoms with van der Waals surface area (Å²) in [6, 6.07) is 0.555. The van der Waals surface area contributed by atoms with Crippen molar-refractivity contribution in [1.82, 2.24) is 5.32 Å². The van der Waals surface area contributed by atoms with E-state index in [2.05, 4.69) is 5.32 Å². The Bertz CT molecular complexity index is 191. The SMILES string of the molecule is COC1CCC(NCC(C)(O)CSC)CC1. The van der Waals surface area contributed by atoms with Crippen LogP contribution in [0.4, 0.5) is 0 Å². The lowest BCUT2D eigenvalue weighted by Gasteiger charge is -2.31. The quantitative estimate of drug-likeness (QED) is 0.749. The van der Waals surface area contributed by atoms with Gasteiger partial charge in [-0.1, -0.05) is 0 Å². The maximum Gasteiger partial charge on any atom is 0.0833 e. The van der Waals surface area contributed by atoms with Crippen molar-refractivity contribution in [1.29, 1.82) is 0 Å². The molecule has 2 N–H and O–H groups in total. The van der Waals surface area contributed by atoms with E-state index >= 15 is 0 Å². The molecule has 0 aromatic rings. The summed E-state index contributed by atoms with van der Waals surface area (Å²) in [7, 11) is 1.79. The molecule has 0 bridgehead atoms. The minimum absolute atomic E-state index is 0.449. The molecule has 1 aliphatic carbocycles. The topological polar surface area (TPSA) is 41.5 Å². The normalized spacial score (nSPS) is 30.0. The Morgan fingerprint density at radius 2 is 2.00 bits per heavy atom. The van der Waals surface area contributed by atoms with E-state index in [0.29, 0.717) is 18.7 Å². The van der Waals surface area contributed by atoms with Crippen LogP contribution < -0.4 is 5.32 Å². The number of methoxy groups -OCH3 is 1. The second-order valence-corrected chi connectivity index (χ2v) is 5.89. The number of rotatable bonds is 6. The molecule has 1 saturated carbocycles. The van der Waals surface area contributed by atoms with Crippen molar-refractivity contribution in [2.45, 2.75) is 50.4 Å². The molecule has 1 aliphatic rings. The van der Waals surface area contributed by atoms with E-state index in [1.165, 1.54) is 0 Å². The number of hydrogen-bond donors (Lipinski definition) is 2. The Morgan fingerprint density at radius 1 is 1.38 bits per heavy atom. The molecule has 3 nitrogen and oxygen atoms in total. The lowest BCUT2D eigenvalue weighted by atomic mass is 9.92. The van der Waals surface area contributed by atoms with Gasteiger partial charge in [0.15, 0.2) is 0 Å². The third kappa shape index (κ3) is 5.04. The van der Waals surface area contributed by atoms with Gasteiger partial charge in [-0.15, -0.1) is 0 Å². The molecule has 16 heavy (non-hydrogen) atoms. The summed E-state index contributed by atoms with van der Waals surface area (Å²) in [5, 5.41) is 13.5. The van der Waals surface area contributed by atoms with Crippen LogP contribution in [-0.4, -0.2) is 48.5 Å². The van der Waals surface area contributed by atoms with Gasteiger partial charge in [0.25, 0.3) is 0 Å². The van der Waals surface area contributed by atoms with Gasteiger partial charge in [-0.3, -0.25) is 0 Å². The minimum Gasteiger partial charge on any atom is -0.388 e. The van der Waals surface area contributed by atoms with Gasteiger partial charge in [0, 0.05) is 25.4 Å². The van der Waals surface area contributed by atoms with Gasteiger partial charge >= 0.3 is 0 Å². The lowest BCUT2D eigenvalue weighted by molar-refractivity contribution is 0.0520. The van der Waals surface area contributed by atoms with E-state index in [0.717, 1.165) is 31.4 Å². The number of thioether (sulfide) groups is 1. The van der Waals surface area contributed by atoms with E-state index in [4.69, 9.17) is 4.74 Å². The Hall–Kier alpha value is 0.230. The van der Waals surface area contributed by atoms with Crippen LogP contribution in [-0.2, 0) is 4.74 Å². The first-order valence-corrected chi connectivity index (χ1v) is 7.44. The first-order valence-electron chi connectivity index (χ1n) is 6.05. The molecular weight excluding hydrogens is 222 g/mol. The molecule has 1 unspecified atom stereocenters. The smallest absolute Gasteiger partial charge is 0.0833 e. The first kappa shape index (κ1) is 14.3. The highest BCUT2D eigenvalue weighted by Crippen LogP contribution is 2.21. The van der Waals surface area contributed by atoms with E-state index in [1.807, 2.05) is 13.2 Å². The minimum atomic E-state index is -0.586. The second kappa shape index (κ2) is 6.84. The highest BCUT2D eigenvalue weighted by atomic mass is 32.2. The largest absolute Gasteiger partial charge is 0.388 e. The number of nitrogens with one attached hydrogen (secondary N) is 1. The Balaban J connectivity index is 2.19. The van der Waals surface area contributed by atoms with Crippen LogP contribution in [0, 0.1) is 0 Å². The zero-order chi connectivity index (χ0) is 12.0. The molecule has 0 spiro atoms. The summed E-state index contributed by atoms with van der Waals surface area (Å²) < 4.78 is 5.34. The average Bonchev–Trinajstić information content (AvgIpc) is 2.27. The molecule has 1 fully saturated rings. The fourth-order valence-electron chi connectivity index (χ4n) is 2.23. The van der Waals surface area contributed by atoms with E-state index < -0.39 is 5.60 Å².